The molecule has 0 atom stereocenters. The SMILES string of the molecule is CCCn1c(-c2ccccc2C(C)(C)C)n[nH]c1=S. The van der Waals surface area contributed by atoms with Crippen LogP contribution in [-0.2, 0) is 12.0 Å². The number of benzene rings is 1. The molecule has 0 aliphatic rings. The summed E-state index contributed by atoms with van der Waals surface area (Å²) in [5.74, 6) is 0.942. The maximum atomic E-state index is 5.32. The van der Waals surface area contributed by atoms with Gasteiger partial charge in [-0.2, -0.15) is 5.10 Å². The van der Waals surface area contributed by atoms with E-state index in [0.29, 0.717) is 4.77 Å². The van der Waals surface area contributed by atoms with Gasteiger partial charge in [0.1, 0.15) is 0 Å². The topological polar surface area (TPSA) is 33.6 Å². The Morgan fingerprint density at radius 1 is 1.26 bits per heavy atom. The molecule has 2 rings (SSSR count). The summed E-state index contributed by atoms with van der Waals surface area (Å²) in [7, 11) is 0. The second kappa shape index (κ2) is 5.29. The van der Waals surface area contributed by atoms with Gasteiger partial charge >= 0.3 is 0 Å². The van der Waals surface area contributed by atoms with Gasteiger partial charge in [0, 0.05) is 12.1 Å². The Morgan fingerprint density at radius 2 is 1.95 bits per heavy atom. The molecule has 0 saturated carbocycles. The molecule has 1 aromatic carbocycles. The van der Waals surface area contributed by atoms with Gasteiger partial charge in [0.2, 0.25) is 0 Å². The second-order valence-electron chi connectivity index (χ2n) is 5.80. The minimum Gasteiger partial charge on any atom is -0.300 e. The molecule has 19 heavy (non-hydrogen) atoms. The van der Waals surface area contributed by atoms with Crippen LogP contribution in [0, 0.1) is 4.77 Å². The Balaban J connectivity index is 2.63. The van der Waals surface area contributed by atoms with Crippen molar-refractivity contribution < 1.29 is 0 Å². The first-order valence-corrected chi connectivity index (χ1v) is 7.11. The van der Waals surface area contributed by atoms with Gasteiger partial charge in [0.15, 0.2) is 10.6 Å². The molecule has 0 radical (unpaired) electrons. The normalized spacial score (nSPS) is 11.8. The molecule has 2 aromatic rings. The Morgan fingerprint density at radius 3 is 2.58 bits per heavy atom. The lowest BCUT2D eigenvalue weighted by Gasteiger charge is -2.22. The van der Waals surface area contributed by atoms with Crippen LogP contribution in [0.1, 0.15) is 39.7 Å². The highest BCUT2D eigenvalue weighted by Gasteiger charge is 2.20. The van der Waals surface area contributed by atoms with Gasteiger partial charge in [-0.05, 0) is 29.6 Å². The second-order valence-corrected chi connectivity index (χ2v) is 6.19. The highest BCUT2D eigenvalue weighted by atomic mass is 32.1. The van der Waals surface area contributed by atoms with Gasteiger partial charge in [0.25, 0.3) is 0 Å². The Labute approximate surface area is 119 Å². The van der Waals surface area contributed by atoms with Gasteiger partial charge in [-0.3, -0.25) is 5.10 Å². The van der Waals surface area contributed by atoms with Crippen LogP contribution in [0.3, 0.4) is 0 Å². The molecule has 0 aliphatic carbocycles. The lowest BCUT2D eigenvalue weighted by atomic mass is 9.83. The van der Waals surface area contributed by atoms with Gasteiger partial charge in [-0.15, -0.1) is 0 Å². The number of H-pyrrole nitrogens is 1. The van der Waals surface area contributed by atoms with Crippen LogP contribution in [0.15, 0.2) is 24.3 Å². The highest BCUT2D eigenvalue weighted by molar-refractivity contribution is 7.71. The van der Waals surface area contributed by atoms with E-state index in [1.54, 1.807) is 0 Å². The Kier molecular flexibility index (Phi) is 3.90. The summed E-state index contributed by atoms with van der Waals surface area (Å²) in [6.07, 6.45) is 1.04. The summed E-state index contributed by atoms with van der Waals surface area (Å²) in [5.41, 5.74) is 2.54. The molecule has 0 fully saturated rings. The fraction of sp³-hybridized carbons (Fsp3) is 0.467. The van der Waals surface area contributed by atoms with Crippen LogP contribution in [0.25, 0.3) is 11.4 Å². The molecule has 0 unspecified atom stereocenters. The van der Waals surface area contributed by atoms with Crippen molar-refractivity contribution in [3.63, 3.8) is 0 Å². The molecule has 0 bridgehead atoms. The first kappa shape index (κ1) is 14.0. The van der Waals surface area contributed by atoms with Crippen molar-refractivity contribution in [3.8, 4) is 11.4 Å². The van der Waals surface area contributed by atoms with Crippen LogP contribution in [-0.4, -0.2) is 14.8 Å². The Bertz CT molecular complexity index is 617. The van der Waals surface area contributed by atoms with E-state index < -0.39 is 0 Å². The fourth-order valence-electron chi connectivity index (χ4n) is 2.29. The standard InChI is InChI=1S/C15H21N3S/c1-5-10-18-13(16-17-14(18)19)11-8-6-7-9-12(11)15(2,3)4/h6-9H,5,10H2,1-4H3,(H,17,19). The smallest absolute Gasteiger partial charge is 0.195 e. The summed E-state index contributed by atoms with van der Waals surface area (Å²) in [5, 5.41) is 7.34. The molecule has 0 spiro atoms. The first-order valence-electron chi connectivity index (χ1n) is 6.70. The fourth-order valence-corrected chi connectivity index (χ4v) is 2.51. The molecule has 102 valence electrons. The van der Waals surface area contributed by atoms with E-state index in [1.165, 1.54) is 5.56 Å². The zero-order valence-electron chi connectivity index (χ0n) is 12.0. The van der Waals surface area contributed by atoms with Crippen molar-refractivity contribution in [1.82, 2.24) is 14.8 Å². The molecule has 4 heteroatoms. The van der Waals surface area contributed by atoms with E-state index in [9.17, 15) is 0 Å². The number of rotatable bonds is 3. The highest BCUT2D eigenvalue weighted by Crippen LogP contribution is 2.31. The number of aromatic nitrogens is 3. The zero-order valence-corrected chi connectivity index (χ0v) is 12.8. The summed E-state index contributed by atoms with van der Waals surface area (Å²) in [6, 6.07) is 8.43. The first-order chi connectivity index (χ1) is 8.95. The Hall–Kier alpha value is -1.42. The number of aromatic amines is 1. The van der Waals surface area contributed by atoms with Gasteiger partial charge in [0.05, 0.1) is 0 Å². The van der Waals surface area contributed by atoms with Crippen molar-refractivity contribution in [2.45, 2.75) is 46.1 Å². The quantitative estimate of drug-likeness (QED) is 0.847. The van der Waals surface area contributed by atoms with Crippen molar-refractivity contribution in [2.75, 3.05) is 0 Å². The van der Waals surface area contributed by atoms with Gasteiger partial charge < -0.3 is 4.57 Å². The molecule has 1 aromatic heterocycles. The maximum absolute atomic E-state index is 5.32. The van der Waals surface area contributed by atoms with Crippen molar-refractivity contribution in [3.05, 3.63) is 34.6 Å². The summed E-state index contributed by atoms with van der Waals surface area (Å²) < 4.78 is 2.78. The van der Waals surface area contributed by atoms with Crippen molar-refractivity contribution in [2.24, 2.45) is 0 Å². The third-order valence-corrected chi connectivity index (χ3v) is 3.49. The molecular weight excluding hydrogens is 254 g/mol. The number of hydrogen-bond donors (Lipinski definition) is 1. The number of nitrogens with zero attached hydrogens (tertiary/aromatic N) is 2. The average molecular weight is 275 g/mol. The lowest BCUT2D eigenvalue weighted by Crippen LogP contribution is -2.14. The van der Waals surface area contributed by atoms with E-state index in [2.05, 4.69) is 66.7 Å². The van der Waals surface area contributed by atoms with E-state index in [1.807, 2.05) is 0 Å². The van der Waals surface area contributed by atoms with E-state index >= 15 is 0 Å². The molecule has 0 saturated heterocycles. The lowest BCUT2D eigenvalue weighted by molar-refractivity contribution is 0.589. The minimum absolute atomic E-state index is 0.0845. The molecule has 3 nitrogen and oxygen atoms in total. The van der Waals surface area contributed by atoms with E-state index in [-0.39, 0.29) is 5.41 Å². The van der Waals surface area contributed by atoms with Gasteiger partial charge in [-0.25, -0.2) is 0 Å². The molecule has 1 N–H and O–H groups in total. The van der Waals surface area contributed by atoms with Crippen LogP contribution < -0.4 is 0 Å². The molecule has 0 amide bonds. The van der Waals surface area contributed by atoms with Crippen LogP contribution in [0.5, 0.6) is 0 Å². The maximum Gasteiger partial charge on any atom is 0.195 e. The van der Waals surface area contributed by atoms with Crippen LogP contribution in [0.4, 0.5) is 0 Å². The largest absolute Gasteiger partial charge is 0.300 e. The third kappa shape index (κ3) is 2.78. The van der Waals surface area contributed by atoms with Crippen molar-refractivity contribution in [1.29, 1.82) is 0 Å². The summed E-state index contributed by atoms with van der Waals surface area (Å²) in [4.78, 5) is 0. The zero-order chi connectivity index (χ0) is 14.0. The number of nitrogens with one attached hydrogen (secondary N) is 1. The molecule has 1 heterocycles. The van der Waals surface area contributed by atoms with E-state index in [4.69, 9.17) is 12.2 Å². The summed E-state index contributed by atoms with van der Waals surface area (Å²) >= 11 is 5.32. The molecule has 0 aliphatic heterocycles. The summed E-state index contributed by atoms with van der Waals surface area (Å²) in [6.45, 7) is 9.70. The predicted molar refractivity (Wildman–Crippen MR) is 81.8 cm³/mol. The van der Waals surface area contributed by atoms with Crippen LogP contribution >= 0.6 is 12.2 Å². The monoisotopic (exact) mass is 275 g/mol. The molecular formula is C15H21N3S. The van der Waals surface area contributed by atoms with E-state index in [0.717, 1.165) is 24.4 Å². The third-order valence-electron chi connectivity index (χ3n) is 3.18. The van der Waals surface area contributed by atoms with Crippen molar-refractivity contribution >= 4 is 12.2 Å². The van der Waals surface area contributed by atoms with Gasteiger partial charge in [-0.1, -0.05) is 52.0 Å². The number of hydrogen-bond acceptors (Lipinski definition) is 2. The van der Waals surface area contributed by atoms with Crippen LogP contribution in [0.2, 0.25) is 0 Å². The average Bonchev–Trinajstić information content (AvgIpc) is 2.71. The predicted octanol–water partition coefficient (Wildman–Crippen LogP) is 4.32. The minimum atomic E-state index is 0.0845.